The standard InChI is InChI=1S/C19H20Cl2N4O3S/c1-3-24(4-2)9-12-10-25-18(28)16(26)15(23-19(25)29-12)17(27)22-8-11-5-6-13(20)14(21)7-11/h5-7,10,26H,3-4,8-9H2,1-2H3,(H,22,27). The Hall–Kier alpha value is -2.13. The van der Waals surface area contributed by atoms with Crippen LogP contribution in [0.5, 0.6) is 5.75 Å². The number of thiazole rings is 1. The summed E-state index contributed by atoms with van der Waals surface area (Å²) in [6.07, 6.45) is 1.66. The van der Waals surface area contributed by atoms with Gasteiger partial charge in [-0.1, -0.05) is 54.5 Å². The maximum Gasteiger partial charge on any atom is 0.301 e. The first-order valence-corrected chi connectivity index (χ1v) is 10.6. The van der Waals surface area contributed by atoms with E-state index < -0.39 is 17.2 Å². The Morgan fingerprint density at radius 1 is 1.28 bits per heavy atom. The summed E-state index contributed by atoms with van der Waals surface area (Å²) >= 11 is 13.2. The Morgan fingerprint density at radius 3 is 2.66 bits per heavy atom. The average molecular weight is 455 g/mol. The van der Waals surface area contributed by atoms with Crippen molar-refractivity contribution in [1.29, 1.82) is 0 Å². The number of benzene rings is 1. The highest BCUT2D eigenvalue weighted by Crippen LogP contribution is 2.23. The van der Waals surface area contributed by atoms with E-state index in [1.54, 1.807) is 24.4 Å². The molecule has 1 amide bonds. The van der Waals surface area contributed by atoms with Gasteiger partial charge in [0.15, 0.2) is 10.7 Å². The SMILES string of the molecule is CCN(CC)Cc1cn2c(=O)c(O)c(C(=O)NCc3ccc(Cl)c(Cl)c3)nc2s1. The molecule has 0 aliphatic heterocycles. The van der Waals surface area contributed by atoms with E-state index in [1.807, 2.05) is 0 Å². The second kappa shape index (κ2) is 9.13. The normalized spacial score (nSPS) is 11.3. The fourth-order valence-corrected chi connectivity index (χ4v) is 4.12. The van der Waals surface area contributed by atoms with Gasteiger partial charge >= 0.3 is 5.56 Å². The lowest BCUT2D eigenvalue weighted by Gasteiger charge is -2.15. The van der Waals surface area contributed by atoms with Crippen LogP contribution in [0.15, 0.2) is 29.2 Å². The summed E-state index contributed by atoms with van der Waals surface area (Å²) in [5, 5.41) is 13.7. The van der Waals surface area contributed by atoms with Crippen molar-refractivity contribution in [3.63, 3.8) is 0 Å². The van der Waals surface area contributed by atoms with Crippen LogP contribution in [-0.4, -0.2) is 38.4 Å². The highest BCUT2D eigenvalue weighted by molar-refractivity contribution is 7.17. The number of hydrogen-bond donors (Lipinski definition) is 2. The summed E-state index contributed by atoms with van der Waals surface area (Å²) in [6.45, 7) is 6.68. The van der Waals surface area contributed by atoms with Crippen LogP contribution in [-0.2, 0) is 13.1 Å². The number of nitrogens with one attached hydrogen (secondary N) is 1. The highest BCUT2D eigenvalue weighted by Gasteiger charge is 2.20. The van der Waals surface area contributed by atoms with E-state index in [0.717, 1.165) is 23.5 Å². The zero-order valence-corrected chi connectivity index (χ0v) is 18.2. The van der Waals surface area contributed by atoms with Crippen molar-refractivity contribution < 1.29 is 9.90 Å². The van der Waals surface area contributed by atoms with E-state index in [-0.39, 0.29) is 12.2 Å². The Morgan fingerprint density at radius 2 is 2.00 bits per heavy atom. The third kappa shape index (κ3) is 4.72. The summed E-state index contributed by atoms with van der Waals surface area (Å²) in [5.41, 5.74) is -0.245. The van der Waals surface area contributed by atoms with Crippen LogP contribution >= 0.6 is 34.5 Å². The predicted molar refractivity (Wildman–Crippen MR) is 115 cm³/mol. The number of carbonyl (C=O) groups is 1. The number of carbonyl (C=O) groups excluding carboxylic acids is 1. The monoisotopic (exact) mass is 454 g/mol. The van der Waals surface area contributed by atoms with Crippen molar-refractivity contribution >= 4 is 45.4 Å². The number of aromatic hydroxyl groups is 1. The van der Waals surface area contributed by atoms with Crippen LogP contribution in [0.2, 0.25) is 10.0 Å². The van der Waals surface area contributed by atoms with Crippen molar-refractivity contribution in [2.75, 3.05) is 13.1 Å². The fraction of sp³-hybridized carbons (Fsp3) is 0.316. The Labute approximate surface area is 181 Å². The van der Waals surface area contributed by atoms with Crippen molar-refractivity contribution in [3.8, 4) is 5.75 Å². The van der Waals surface area contributed by atoms with Crippen LogP contribution in [0.3, 0.4) is 0 Å². The summed E-state index contributed by atoms with van der Waals surface area (Å²) in [4.78, 5) is 32.7. The largest absolute Gasteiger partial charge is 0.501 e. The molecule has 3 rings (SSSR count). The Balaban J connectivity index is 1.84. The second-order valence-corrected chi connectivity index (χ2v) is 8.26. The molecule has 0 aliphatic carbocycles. The van der Waals surface area contributed by atoms with Crippen LogP contribution in [0.4, 0.5) is 0 Å². The number of fused-ring (bicyclic) bond motifs is 1. The number of halogens is 2. The minimum atomic E-state index is -0.679. The summed E-state index contributed by atoms with van der Waals surface area (Å²) in [6, 6.07) is 4.98. The molecule has 0 saturated carbocycles. The first kappa shape index (κ1) is 21.6. The van der Waals surface area contributed by atoms with E-state index in [0.29, 0.717) is 21.6 Å². The first-order valence-electron chi connectivity index (χ1n) is 9.02. The molecule has 0 spiro atoms. The smallest absolute Gasteiger partial charge is 0.301 e. The fourth-order valence-electron chi connectivity index (χ4n) is 2.79. The van der Waals surface area contributed by atoms with Crippen LogP contribution in [0, 0.1) is 0 Å². The highest BCUT2D eigenvalue weighted by atomic mass is 35.5. The average Bonchev–Trinajstić information content (AvgIpc) is 3.12. The van der Waals surface area contributed by atoms with Gasteiger partial charge in [0, 0.05) is 24.2 Å². The van der Waals surface area contributed by atoms with Gasteiger partial charge in [0.25, 0.3) is 5.91 Å². The molecular weight excluding hydrogens is 435 g/mol. The molecule has 3 aromatic rings. The van der Waals surface area contributed by atoms with Gasteiger partial charge in [0.05, 0.1) is 10.0 Å². The summed E-state index contributed by atoms with van der Waals surface area (Å²) in [7, 11) is 0. The number of nitrogens with zero attached hydrogens (tertiary/aromatic N) is 3. The van der Waals surface area contributed by atoms with E-state index in [9.17, 15) is 14.7 Å². The van der Waals surface area contributed by atoms with E-state index >= 15 is 0 Å². The molecule has 0 radical (unpaired) electrons. The molecule has 2 N–H and O–H groups in total. The molecule has 7 nitrogen and oxygen atoms in total. The van der Waals surface area contributed by atoms with Crippen molar-refractivity contribution in [2.45, 2.75) is 26.9 Å². The van der Waals surface area contributed by atoms with Gasteiger partial charge in [0.1, 0.15) is 0 Å². The van der Waals surface area contributed by atoms with Crippen LogP contribution in [0.25, 0.3) is 4.96 Å². The van der Waals surface area contributed by atoms with Crippen molar-refractivity contribution in [3.05, 3.63) is 60.9 Å². The van der Waals surface area contributed by atoms with Crippen LogP contribution in [0.1, 0.15) is 34.8 Å². The quantitative estimate of drug-likeness (QED) is 0.569. The lowest BCUT2D eigenvalue weighted by atomic mass is 10.2. The minimum absolute atomic E-state index is 0.147. The first-order chi connectivity index (χ1) is 13.8. The second-order valence-electron chi connectivity index (χ2n) is 6.36. The number of hydrogen-bond acceptors (Lipinski definition) is 6. The number of aromatic nitrogens is 2. The van der Waals surface area contributed by atoms with Crippen molar-refractivity contribution in [1.82, 2.24) is 19.6 Å². The molecule has 2 heterocycles. The van der Waals surface area contributed by atoms with Crippen LogP contribution < -0.4 is 10.9 Å². The lowest BCUT2D eigenvalue weighted by Crippen LogP contribution is -2.27. The maximum absolute atomic E-state index is 12.5. The predicted octanol–water partition coefficient (Wildman–Crippen LogP) is 3.54. The molecule has 0 fully saturated rings. The molecular formula is C19H20Cl2N4O3S. The van der Waals surface area contributed by atoms with Gasteiger partial charge in [-0.3, -0.25) is 18.9 Å². The summed E-state index contributed by atoms with van der Waals surface area (Å²) < 4.78 is 1.27. The van der Waals surface area contributed by atoms with E-state index in [2.05, 4.69) is 29.0 Å². The van der Waals surface area contributed by atoms with Crippen molar-refractivity contribution in [2.24, 2.45) is 0 Å². The third-order valence-corrected chi connectivity index (χ3v) is 6.19. The molecule has 0 saturated heterocycles. The van der Waals surface area contributed by atoms with Gasteiger partial charge in [-0.15, -0.1) is 0 Å². The van der Waals surface area contributed by atoms with Gasteiger partial charge in [0.2, 0.25) is 5.75 Å². The number of rotatable bonds is 7. The maximum atomic E-state index is 12.5. The molecule has 1 aromatic carbocycles. The van der Waals surface area contributed by atoms with E-state index in [1.165, 1.54) is 15.7 Å². The Bertz CT molecular complexity index is 1110. The van der Waals surface area contributed by atoms with Gasteiger partial charge in [-0.25, -0.2) is 4.98 Å². The molecule has 0 unspecified atom stereocenters. The zero-order valence-electron chi connectivity index (χ0n) is 15.9. The van der Waals surface area contributed by atoms with Gasteiger partial charge in [-0.2, -0.15) is 0 Å². The third-order valence-electron chi connectivity index (χ3n) is 4.48. The molecule has 2 aromatic heterocycles. The number of amides is 1. The van der Waals surface area contributed by atoms with E-state index in [4.69, 9.17) is 23.2 Å². The molecule has 0 bridgehead atoms. The topological polar surface area (TPSA) is 86.9 Å². The molecule has 10 heteroatoms. The minimum Gasteiger partial charge on any atom is -0.501 e. The Kier molecular flexibility index (Phi) is 6.79. The molecule has 154 valence electrons. The zero-order chi connectivity index (χ0) is 21.1. The van der Waals surface area contributed by atoms with Gasteiger partial charge < -0.3 is 10.4 Å². The molecule has 0 atom stereocenters. The lowest BCUT2D eigenvalue weighted by molar-refractivity contribution is 0.0943. The molecule has 0 aliphatic rings. The van der Waals surface area contributed by atoms with Gasteiger partial charge in [-0.05, 0) is 30.8 Å². The molecule has 29 heavy (non-hydrogen) atoms. The summed E-state index contributed by atoms with van der Waals surface area (Å²) in [5.74, 6) is -1.33.